The van der Waals surface area contributed by atoms with Crippen molar-refractivity contribution in [1.82, 2.24) is 0 Å². The SMILES string of the molecule is CCCC(C)CCC(=O)[O-].[Na+]. The van der Waals surface area contributed by atoms with E-state index >= 15 is 0 Å². The van der Waals surface area contributed by atoms with E-state index in [-0.39, 0.29) is 36.0 Å². The molecule has 1 atom stereocenters. The smallest absolute Gasteiger partial charge is 0.550 e. The predicted octanol–water partition coefficient (Wildman–Crippen LogP) is -2.04. The second-order valence-corrected chi connectivity index (χ2v) is 2.80. The van der Waals surface area contributed by atoms with Crippen LogP contribution in [0.1, 0.15) is 39.5 Å². The van der Waals surface area contributed by atoms with Crippen LogP contribution in [0, 0.1) is 5.92 Å². The topological polar surface area (TPSA) is 40.1 Å². The first kappa shape index (κ1) is 14.0. The summed E-state index contributed by atoms with van der Waals surface area (Å²) in [4.78, 5) is 10.00. The molecule has 11 heavy (non-hydrogen) atoms. The Morgan fingerprint density at radius 3 is 2.36 bits per heavy atom. The van der Waals surface area contributed by atoms with Gasteiger partial charge in [-0.2, -0.15) is 0 Å². The van der Waals surface area contributed by atoms with E-state index in [1.165, 1.54) is 0 Å². The van der Waals surface area contributed by atoms with Gasteiger partial charge in [0, 0.05) is 5.97 Å². The van der Waals surface area contributed by atoms with Gasteiger partial charge in [-0.25, -0.2) is 0 Å². The molecule has 0 amide bonds. The quantitative estimate of drug-likeness (QED) is 0.441. The summed E-state index contributed by atoms with van der Waals surface area (Å²) >= 11 is 0. The van der Waals surface area contributed by atoms with Gasteiger partial charge in [-0.3, -0.25) is 0 Å². The Labute approximate surface area is 90.7 Å². The van der Waals surface area contributed by atoms with Gasteiger partial charge < -0.3 is 9.90 Å². The second kappa shape index (κ2) is 8.57. The van der Waals surface area contributed by atoms with E-state index in [1.807, 2.05) is 0 Å². The Bertz CT molecular complexity index is 104. The molecule has 0 aliphatic carbocycles. The second-order valence-electron chi connectivity index (χ2n) is 2.80. The number of carboxylic acid groups (broad SMARTS) is 1. The number of carbonyl (C=O) groups excluding carboxylic acids is 1. The molecule has 2 nitrogen and oxygen atoms in total. The summed E-state index contributed by atoms with van der Waals surface area (Å²) < 4.78 is 0. The van der Waals surface area contributed by atoms with E-state index in [0.29, 0.717) is 5.92 Å². The summed E-state index contributed by atoms with van der Waals surface area (Å²) in [6.07, 6.45) is 3.22. The molecule has 0 rings (SSSR count). The fraction of sp³-hybridized carbons (Fsp3) is 0.875. The van der Waals surface area contributed by atoms with Gasteiger partial charge in [0.1, 0.15) is 0 Å². The van der Waals surface area contributed by atoms with E-state index in [4.69, 9.17) is 0 Å². The van der Waals surface area contributed by atoms with Crippen LogP contribution in [0.2, 0.25) is 0 Å². The molecule has 0 aliphatic heterocycles. The van der Waals surface area contributed by atoms with Gasteiger partial charge >= 0.3 is 29.6 Å². The number of hydrogen-bond acceptors (Lipinski definition) is 2. The molecule has 60 valence electrons. The molecule has 0 aromatic carbocycles. The van der Waals surface area contributed by atoms with Crippen LogP contribution in [0.4, 0.5) is 0 Å². The van der Waals surface area contributed by atoms with Gasteiger partial charge in [-0.05, 0) is 18.8 Å². The van der Waals surface area contributed by atoms with Crippen LogP contribution in [0.25, 0.3) is 0 Å². The first-order chi connectivity index (χ1) is 4.66. The van der Waals surface area contributed by atoms with Crippen LogP contribution in [0.3, 0.4) is 0 Å². The Hall–Kier alpha value is 0.470. The summed E-state index contributed by atoms with van der Waals surface area (Å²) in [5, 5.41) is 10.00. The largest absolute Gasteiger partial charge is 1.00 e. The third-order valence-electron chi connectivity index (χ3n) is 1.62. The molecule has 0 aromatic heterocycles. The number of carboxylic acids is 1. The predicted molar refractivity (Wildman–Crippen MR) is 38.3 cm³/mol. The molecule has 0 N–H and O–H groups in total. The van der Waals surface area contributed by atoms with Crippen molar-refractivity contribution in [1.29, 1.82) is 0 Å². The van der Waals surface area contributed by atoms with Gasteiger partial charge in [0.05, 0.1) is 0 Å². The zero-order valence-corrected chi connectivity index (χ0v) is 9.72. The first-order valence-electron chi connectivity index (χ1n) is 3.86. The molecule has 0 aromatic rings. The van der Waals surface area contributed by atoms with Crippen LogP contribution in [0.5, 0.6) is 0 Å². The minimum Gasteiger partial charge on any atom is -0.550 e. The number of carbonyl (C=O) groups is 1. The maximum absolute atomic E-state index is 10.00. The molecule has 0 bridgehead atoms. The van der Waals surface area contributed by atoms with E-state index in [0.717, 1.165) is 19.3 Å². The van der Waals surface area contributed by atoms with Gasteiger partial charge in [0.25, 0.3) is 0 Å². The zero-order chi connectivity index (χ0) is 7.98. The van der Waals surface area contributed by atoms with Crippen molar-refractivity contribution >= 4 is 5.97 Å². The molecule has 0 fully saturated rings. The summed E-state index contributed by atoms with van der Waals surface area (Å²) in [5.41, 5.74) is 0. The molecular weight excluding hydrogens is 151 g/mol. The minimum absolute atomic E-state index is 0. The molecule has 1 unspecified atom stereocenters. The monoisotopic (exact) mass is 166 g/mol. The van der Waals surface area contributed by atoms with Crippen LogP contribution in [0.15, 0.2) is 0 Å². The van der Waals surface area contributed by atoms with Crippen LogP contribution in [-0.2, 0) is 4.79 Å². The summed E-state index contributed by atoms with van der Waals surface area (Å²) in [5.74, 6) is -0.397. The van der Waals surface area contributed by atoms with Crippen LogP contribution in [-0.4, -0.2) is 5.97 Å². The third-order valence-corrected chi connectivity index (χ3v) is 1.62. The van der Waals surface area contributed by atoms with Crippen LogP contribution < -0.4 is 34.7 Å². The van der Waals surface area contributed by atoms with E-state index in [9.17, 15) is 9.90 Å². The molecular formula is C8H15NaO2. The van der Waals surface area contributed by atoms with E-state index < -0.39 is 5.97 Å². The molecule has 0 spiro atoms. The molecule has 0 saturated carbocycles. The molecule has 3 heteroatoms. The number of aliphatic carboxylic acids is 1. The number of hydrogen-bond donors (Lipinski definition) is 0. The Morgan fingerprint density at radius 1 is 1.45 bits per heavy atom. The minimum atomic E-state index is -0.928. The summed E-state index contributed by atoms with van der Waals surface area (Å²) in [7, 11) is 0. The Kier molecular flexibility index (Phi) is 10.9. The maximum Gasteiger partial charge on any atom is 1.00 e. The van der Waals surface area contributed by atoms with E-state index in [1.54, 1.807) is 0 Å². The van der Waals surface area contributed by atoms with Crippen molar-refractivity contribution in [3.05, 3.63) is 0 Å². The normalized spacial score (nSPS) is 11.8. The molecule has 0 saturated heterocycles. The van der Waals surface area contributed by atoms with Gasteiger partial charge in [0.2, 0.25) is 0 Å². The third kappa shape index (κ3) is 10.5. The average Bonchev–Trinajstić information content (AvgIpc) is 1.85. The zero-order valence-electron chi connectivity index (χ0n) is 7.72. The van der Waals surface area contributed by atoms with Crippen molar-refractivity contribution in [3.8, 4) is 0 Å². The Balaban J connectivity index is 0. The molecule has 0 aliphatic rings. The van der Waals surface area contributed by atoms with Crippen molar-refractivity contribution in [2.24, 2.45) is 5.92 Å². The fourth-order valence-corrected chi connectivity index (χ4v) is 1.00. The van der Waals surface area contributed by atoms with Gasteiger partial charge in [-0.15, -0.1) is 0 Å². The number of rotatable bonds is 5. The summed E-state index contributed by atoms with van der Waals surface area (Å²) in [6.45, 7) is 4.18. The van der Waals surface area contributed by atoms with Gasteiger partial charge in [0.15, 0.2) is 0 Å². The molecule has 0 heterocycles. The van der Waals surface area contributed by atoms with Crippen molar-refractivity contribution in [2.75, 3.05) is 0 Å². The Morgan fingerprint density at radius 2 is 2.00 bits per heavy atom. The van der Waals surface area contributed by atoms with Crippen molar-refractivity contribution in [2.45, 2.75) is 39.5 Å². The average molecular weight is 166 g/mol. The maximum atomic E-state index is 10.00. The van der Waals surface area contributed by atoms with E-state index in [2.05, 4.69) is 13.8 Å². The van der Waals surface area contributed by atoms with Crippen LogP contribution >= 0.6 is 0 Å². The van der Waals surface area contributed by atoms with Crippen molar-refractivity contribution < 1.29 is 39.5 Å². The fourth-order valence-electron chi connectivity index (χ4n) is 1.00. The standard InChI is InChI=1S/C8H16O2.Na/c1-3-4-7(2)5-6-8(9)10;/h7H,3-6H2,1-2H3,(H,9,10);/q;+1/p-1. The summed E-state index contributed by atoms with van der Waals surface area (Å²) in [6, 6.07) is 0. The first-order valence-corrected chi connectivity index (χ1v) is 3.86. The van der Waals surface area contributed by atoms with Crippen molar-refractivity contribution in [3.63, 3.8) is 0 Å². The molecule has 0 radical (unpaired) electrons. The van der Waals surface area contributed by atoms with Gasteiger partial charge in [-0.1, -0.05) is 26.7 Å².